The highest BCUT2D eigenvalue weighted by atomic mass is 16.1. The molecule has 140 valence electrons. The molecule has 1 aromatic rings. The van der Waals surface area contributed by atoms with Gasteiger partial charge in [0, 0.05) is 11.5 Å². The third-order valence-electron chi connectivity index (χ3n) is 7.33. The van der Waals surface area contributed by atoms with Crippen LogP contribution in [0.5, 0.6) is 0 Å². The first kappa shape index (κ1) is 16.6. The summed E-state index contributed by atoms with van der Waals surface area (Å²) in [7, 11) is 0. The van der Waals surface area contributed by atoms with Gasteiger partial charge in [0.25, 0.3) is 0 Å². The highest BCUT2D eigenvalue weighted by Gasteiger charge is 2.51. The van der Waals surface area contributed by atoms with Gasteiger partial charge in [-0.15, -0.1) is 0 Å². The lowest BCUT2D eigenvalue weighted by molar-refractivity contribution is -0.120. The zero-order valence-electron chi connectivity index (χ0n) is 15.6. The minimum absolute atomic E-state index is 0.142. The molecule has 5 aliphatic rings. The summed E-state index contributed by atoms with van der Waals surface area (Å²) < 4.78 is 0. The molecule has 1 aromatic carbocycles. The number of carbonyl (C=O) groups excluding carboxylic acids is 1. The Morgan fingerprint density at radius 2 is 1.50 bits per heavy atom. The second-order valence-electron chi connectivity index (χ2n) is 9.38. The number of hydrogen-bond acceptors (Lipinski definition) is 3. The fraction of sp³-hybridized carbons (Fsp3) is 0.682. The number of amides is 1. The number of benzene rings is 1. The van der Waals surface area contributed by atoms with E-state index in [1.807, 2.05) is 6.07 Å². The monoisotopic (exact) mass is 353 g/mol. The highest BCUT2D eigenvalue weighted by molar-refractivity contribution is 5.95. The van der Waals surface area contributed by atoms with Crippen LogP contribution in [0.1, 0.15) is 51.4 Å². The minimum atomic E-state index is 0.142. The number of hydrogen-bond donors (Lipinski definition) is 3. The summed E-state index contributed by atoms with van der Waals surface area (Å²) in [6, 6.07) is 8.32. The third kappa shape index (κ3) is 3.13. The molecule has 0 unspecified atom stereocenters. The fourth-order valence-corrected chi connectivity index (χ4v) is 6.57. The van der Waals surface area contributed by atoms with Crippen LogP contribution in [0.2, 0.25) is 0 Å². The van der Waals surface area contributed by atoms with E-state index in [2.05, 4.69) is 34.1 Å². The summed E-state index contributed by atoms with van der Waals surface area (Å²) in [6.45, 7) is 1.90. The first-order valence-corrected chi connectivity index (χ1v) is 10.6. The molecule has 0 spiro atoms. The number of nitrogens with one attached hydrogen (secondary N) is 3. The third-order valence-corrected chi connectivity index (χ3v) is 7.33. The molecule has 1 aliphatic heterocycles. The fourth-order valence-electron chi connectivity index (χ4n) is 6.57. The van der Waals surface area contributed by atoms with Crippen LogP contribution < -0.4 is 16.0 Å². The maximum Gasteiger partial charge on any atom is 0.227 e. The predicted octanol–water partition coefficient (Wildman–Crippen LogP) is 4.01. The van der Waals surface area contributed by atoms with Gasteiger partial charge in [0.2, 0.25) is 5.91 Å². The van der Waals surface area contributed by atoms with E-state index in [4.69, 9.17) is 0 Å². The van der Waals surface area contributed by atoms with Crippen molar-refractivity contribution in [3.05, 3.63) is 24.3 Å². The van der Waals surface area contributed by atoms with Gasteiger partial charge in [-0.2, -0.15) is 0 Å². The maximum atomic E-state index is 12.7. The average molecular weight is 354 g/mol. The summed E-state index contributed by atoms with van der Waals surface area (Å²) in [6.07, 6.45) is 10.2. The number of piperidine rings is 1. The van der Waals surface area contributed by atoms with Gasteiger partial charge >= 0.3 is 0 Å². The summed E-state index contributed by atoms with van der Waals surface area (Å²) in [5, 5.41) is 10.5. The van der Waals surface area contributed by atoms with Gasteiger partial charge in [0.05, 0.1) is 11.4 Å². The molecule has 6 rings (SSSR count). The number of rotatable bonds is 4. The normalized spacial score (nSPS) is 36.1. The minimum Gasteiger partial charge on any atom is -0.378 e. The number of anilines is 2. The van der Waals surface area contributed by atoms with Crippen molar-refractivity contribution in [2.24, 2.45) is 23.7 Å². The molecule has 4 heteroatoms. The van der Waals surface area contributed by atoms with E-state index in [1.54, 1.807) is 0 Å². The lowest BCUT2D eigenvalue weighted by atomic mass is 9.53. The van der Waals surface area contributed by atoms with Crippen LogP contribution in [0.4, 0.5) is 11.4 Å². The molecular formula is C22H31N3O. The molecule has 1 saturated heterocycles. The zero-order valence-corrected chi connectivity index (χ0v) is 15.6. The highest BCUT2D eigenvalue weighted by Crippen LogP contribution is 2.56. The first-order valence-electron chi connectivity index (χ1n) is 10.6. The molecule has 4 bridgehead atoms. The summed E-state index contributed by atoms with van der Waals surface area (Å²) >= 11 is 0. The Bertz CT molecular complexity index is 644. The second kappa shape index (κ2) is 6.56. The molecule has 4 saturated carbocycles. The predicted molar refractivity (Wildman–Crippen MR) is 105 cm³/mol. The van der Waals surface area contributed by atoms with Crippen LogP contribution in [0, 0.1) is 23.7 Å². The molecule has 3 N–H and O–H groups in total. The topological polar surface area (TPSA) is 53.2 Å². The van der Waals surface area contributed by atoms with Crippen LogP contribution in [-0.4, -0.2) is 24.5 Å². The van der Waals surface area contributed by atoms with E-state index in [-0.39, 0.29) is 17.4 Å². The molecule has 5 fully saturated rings. The largest absolute Gasteiger partial charge is 0.378 e. The van der Waals surface area contributed by atoms with Crippen molar-refractivity contribution in [3.8, 4) is 0 Å². The quantitative estimate of drug-likeness (QED) is 0.767. The molecule has 4 aliphatic carbocycles. The first-order chi connectivity index (χ1) is 12.7. The Hall–Kier alpha value is -1.55. The van der Waals surface area contributed by atoms with Crippen molar-refractivity contribution >= 4 is 17.3 Å². The van der Waals surface area contributed by atoms with Crippen molar-refractivity contribution in [1.29, 1.82) is 0 Å². The van der Waals surface area contributed by atoms with E-state index in [9.17, 15) is 4.79 Å². The SMILES string of the molecule is O=C(Nc1ccccc1NC12CC3CC(CC(C3)C1)C2)C1CCNCC1. The van der Waals surface area contributed by atoms with Gasteiger partial charge in [-0.3, -0.25) is 4.79 Å². The average Bonchev–Trinajstić information content (AvgIpc) is 2.63. The lowest BCUT2D eigenvalue weighted by Gasteiger charge is -2.57. The van der Waals surface area contributed by atoms with Gasteiger partial charge in [-0.05, 0) is 94.3 Å². The Labute approximate surface area is 156 Å². The van der Waals surface area contributed by atoms with Crippen LogP contribution in [0.3, 0.4) is 0 Å². The van der Waals surface area contributed by atoms with Crippen LogP contribution in [0.25, 0.3) is 0 Å². The maximum absolute atomic E-state index is 12.7. The van der Waals surface area contributed by atoms with Crippen molar-refractivity contribution in [2.45, 2.75) is 56.9 Å². The number of para-hydroxylation sites is 2. The zero-order chi connectivity index (χ0) is 17.6. The standard InChI is InChI=1S/C22H31N3O/c26-21(18-5-7-23-8-6-18)24-19-3-1-2-4-20(19)25-22-12-15-9-16(13-22)11-17(10-15)14-22/h1-4,15-18,23,25H,5-14H2,(H,24,26). The van der Waals surface area contributed by atoms with Crippen LogP contribution in [-0.2, 0) is 4.79 Å². The van der Waals surface area contributed by atoms with Gasteiger partial charge in [0.15, 0.2) is 0 Å². The summed E-state index contributed by atoms with van der Waals surface area (Å²) in [5.41, 5.74) is 2.35. The second-order valence-corrected chi connectivity index (χ2v) is 9.38. The molecule has 0 aromatic heterocycles. The number of carbonyl (C=O) groups is 1. The van der Waals surface area contributed by atoms with Gasteiger partial charge in [-0.25, -0.2) is 0 Å². The van der Waals surface area contributed by atoms with Gasteiger partial charge in [0.1, 0.15) is 0 Å². The van der Waals surface area contributed by atoms with Crippen molar-refractivity contribution in [3.63, 3.8) is 0 Å². The Morgan fingerprint density at radius 1 is 0.923 bits per heavy atom. The van der Waals surface area contributed by atoms with Crippen LogP contribution >= 0.6 is 0 Å². The molecule has 0 atom stereocenters. The van der Waals surface area contributed by atoms with E-state index in [0.717, 1.165) is 55.1 Å². The van der Waals surface area contributed by atoms with Gasteiger partial charge in [-0.1, -0.05) is 12.1 Å². The molecule has 1 amide bonds. The van der Waals surface area contributed by atoms with E-state index < -0.39 is 0 Å². The smallest absolute Gasteiger partial charge is 0.227 e. The molecule has 0 radical (unpaired) electrons. The molecule has 1 heterocycles. The van der Waals surface area contributed by atoms with E-state index in [1.165, 1.54) is 38.5 Å². The summed E-state index contributed by atoms with van der Waals surface area (Å²) in [4.78, 5) is 12.7. The molecule has 26 heavy (non-hydrogen) atoms. The Morgan fingerprint density at radius 3 is 2.12 bits per heavy atom. The van der Waals surface area contributed by atoms with Crippen molar-refractivity contribution in [1.82, 2.24) is 5.32 Å². The Kier molecular flexibility index (Phi) is 4.19. The van der Waals surface area contributed by atoms with Gasteiger partial charge < -0.3 is 16.0 Å². The lowest BCUT2D eigenvalue weighted by Crippen LogP contribution is -2.54. The Balaban J connectivity index is 1.33. The van der Waals surface area contributed by atoms with E-state index >= 15 is 0 Å². The van der Waals surface area contributed by atoms with Crippen molar-refractivity contribution in [2.75, 3.05) is 23.7 Å². The van der Waals surface area contributed by atoms with Crippen LogP contribution in [0.15, 0.2) is 24.3 Å². The van der Waals surface area contributed by atoms with Crippen molar-refractivity contribution < 1.29 is 4.79 Å². The molecular weight excluding hydrogens is 322 g/mol. The summed E-state index contributed by atoms with van der Waals surface area (Å²) in [5.74, 6) is 3.09. The molecule has 4 nitrogen and oxygen atoms in total. The van der Waals surface area contributed by atoms with E-state index in [0.29, 0.717) is 0 Å².